The Hall–Kier alpha value is -1.63. The number of aryl methyl sites for hydroxylation is 1. The molecule has 0 saturated heterocycles. The summed E-state index contributed by atoms with van der Waals surface area (Å²) < 4.78 is 0. The Morgan fingerprint density at radius 2 is 1.82 bits per heavy atom. The maximum atomic E-state index is 4.29. The van der Waals surface area contributed by atoms with Crippen LogP contribution >= 0.6 is 0 Å². The number of rotatable bonds is 1. The van der Waals surface area contributed by atoms with Gasteiger partial charge >= 0.3 is 0 Å². The van der Waals surface area contributed by atoms with Crippen molar-refractivity contribution in [1.29, 1.82) is 0 Å². The second kappa shape index (κ2) is 5.62. The highest BCUT2D eigenvalue weighted by Gasteiger charge is 2.12. The van der Waals surface area contributed by atoms with E-state index in [0.29, 0.717) is 0 Å². The first-order valence-electron chi connectivity index (χ1n) is 6.24. The number of hydrogen-bond acceptors (Lipinski definition) is 1. The van der Waals surface area contributed by atoms with Crippen LogP contribution in [0.5, 0.6) is 0 Å². The number of benzene rings is 1. The molecule has 1 aliphatic carbocycles. The molecule has 88 valence electrons. The van der Waals surface area contributed by atoms with Crippen LogP contribution in [0.4, 0.5) is 0 Å². The van der Waals surface area contributed by atoms with Gasteiger partial charge in [-0.25, -0.2) is 0 Å². The van der Waals surface area contributed by atoms with Gasteiger partial charge in [0.15, 0.2) is 0 Å². The summed E-state index contributed by atoms with van der Waals surface area (Å²) in [5, 5.41) is 0. The van der Waals surface area contributed by atoms with E-state index in [2.05, 4.69) is 43.1 Å². The van der Waals surface area contributed by atoms with Crippen molar-refractivity contribution >= 4 is 0 Å². The van der Waals surface area contributed by atoms with Gasteiger partial charge in [-0.3, -0.25) is 4.98 Å². The molecule has 0 radical (unpaired) electrons. The molecule has 1 aliphatic rings. The molecule has 1 fully saturated rings. The molecule has 0 spiro atoms. The second-order valence-corrected chi connectivity index (χ2v) is 4.77. The van der Waals surface area contributed by atoms with Gasteiger partial charge in [-0.15, -0.1) is 0 Å². The maximum Gasteiger partial charge on any atom is 0.0702 e. The lowest BCUT2D eigenvalue weighted by Gasteiger charge is -2.00. The molecule has 1 aromatic carbocycles. The first-order valence-corrected chi connectivity index (χ1v) is 6.24. The SMILES string of the molecule is CC1CC1.Cc1cccc(-c2ccccn2)c1. The van der Waals surface area contributed by atoms with Gasteiger partial charge in [0.25, 0.3) is 0 Å². The van der Waals surface area contributed by atoms with E-state index >= 15 is 0 Å². The summed E-state index contributed by atoms with van der Waals surface area (Å²) >= 11 is 0. The lowest BCUT2D eigenvalue weighted by Crippen LogP contribution is -1.81. The van der Waals surface area contributed by atoms with Crippen LogP contribution in [0.1, 0.15) is 25.3 Å². The number of hydrogen-bond donors (Lipinski definition) is 0. The van der Waals surface area contributed by atoms with Crippen LogP contribution < -0.4 is 0 Å². The molecule has 1 saturated carbocycles. The second-order valence-electron chi connectivity index (χ2n) is 4.77. The Morgan fingerprint density at radius 1 is 1.06 bits per heavy atom. The molecule has 17 heavy (non-hydrogen) atoms. The summed E-state index contributed by atoms with van der Waals surface area (Å²) in [7, 11) is 0. The highest BCUT2D eigenvalue weighted by atomic mass is 14.7. The lowest BCUT2D eigenvalue weighted by molar-refractivity contribution is 0.983. The third-order valence-electron chi connectivity index (χ3n) is 2.84. The Bertz CT molecular complexity index is 458. The topological polar surface area (TPSA) is 12.9 Å². The van der Waals surface area contributed by atoms with E-state index in [1.54, 1.807) is 0 Å². The Labute approximate surface area is 104 Å². The molecular weight excluding hydrogens is 206 g/mol. The zero-order valence-electron chi connectivity index (χ0n) is 10.6. The molecule has 0 aliphatic heterocycles. The smallest absolute Gasteiger partial charge is 0.0702 e. The first kappa shape index (κ1) is 11.8. The quantitative estimate of drug-likeness (QED) is 0.697. The highest BCUT2D eigenvalue weighted by molar-refractivity contribution is 5.59. The zero-order valence-corrected chi connectivity index (χ0v) is 10.6. The Kier molecular flexibility index (Phi) is 3.92. The van der Waals surface area contributed by atoms with Gasteiger partial charge < -0.3 is 0 Å². The lowest BCUT2D eigenvalue weighted by atomic mass is 10.1. The summed E-state index contributed by atoms with van der Waals surface area (Å²) in [4.78, 5) is 4.29. The minimum atomic E-state index is 1.03. The predicted octanol–water partition coefficient (Wildman–Crippen LogP) is 4.47. The van der Waals surface area contributed by atoms with Crippen LogP contribution in [0.25, 0.3) is 11.3 Å². The number of pyridine rings is 1. The molecule has 1 aromatic heterocycles. The Balaban J connectivity index is 0.000000228. The van der Waals surface area contributed by atoms with Gasteiger partial charge in [-0.05, 0) is 31.0 Å². The van der Waals surface area contributed by atoms with E-state index < -0.39 is 0 Å². The van der Waals surface area contributed by atoms with Crippen LogP contribution in [-0.2, 0) is 0 Å². The molecule has 1 nitrogen and oxygen atoms in total. The molecule has 0 N–H and O–H groups in total. The summed E-state index contributed by atoms with van der Waals surface area (Å²) in [6.07, 6.45) is 4.79. The third-order valence-corrected chi connectivity index (χ3v) is 2.84. The van der Waals surface area contributed by atoms with Crippen molar-refractivity contribution < 1.29 is 0 Å². The van der Waals surface area contributed by atoms with Gasteiger partial charge in [0.1, 0.15) is 0 Å². The molecule has 3 rings (SSSR count). The van der Waals surface area contributed by atoms with Crippen LogP contribution in [0, 0.1) is 12.8 Å². The number of nitrogens with zero attached hydrogens (tertiary/aromatic N) is 1. The van der Waals surface area contributed by atoms with Crippen LogP contribution in [0.3, 0.4) is 0 Å². The van der Waals surface area contributed by atoms with Crippen LogP contribution in [0.2, 0.25) is 0 Å². The van der Waals surface area contributed by atoms with Crippen molar-refractivity contribution in [3.8, 4) is 11.3 Å². The van der Waals surface area contributed by atoms with Crippen molar-refractivity contribution in [3.63, 3.8) is 0 Å². The zero-order chi connectivity index (χ0) is 12.1. The monoisotopic (exact) mass is 225 g/mol. The predicted molar refractivity (Wildman–Crippen MR) is 72.8 cm³/mol. The fourth-order valence-electron chi connectivity index (χ4n) is 1.50. The van der Waals surface area contributed by atoms with E-state index in [4.69, 9.17) is 0 Å². The van der Waals surface area contributed by atoms with E-state index in [9.17, 15) is 0 Å². The molecule has 1 heteroatoms. The van der Waals surface area contributed by atoms with Gasteiger partial charge in [-0.2, -0.15) is 0 Å². The normalized spacial score (nSPS) is 13.8. The molecular formula is C16H19N. The van der Waals surface area contributed by atoms with E-state index in [1.165, 1.54) is 24.0 Å². The molecule has 1 heterocycles. The molecule has 0 atom stereocenters. The van der Waals surface area contributed by atoms with E-state index in [1.807, 2.05) is 24.4 Å². The first-order chi connectivity index (χ1) is 8.25. The highest BCUT2D eigenvalue weighted by Crippen LogP contribution is 2.26. The van der Waals surface area contributed by atoms with Crippen molar-refractivity contribution in [2.45, 2.75) is 26.7 Å². The Morgan fingerprint density at radius 3 is 2.35 bits per heavy atom. The van der Waals surface area contributed by atoms with Gasteiger partial charge in [-0.1, -0.05) is 49.6 Å². The van der Waals surface area contributed by atoms with Crippen molar-refractivity contribution in [2.24, 2.45) is 5.92 Å². The van der Waals surface area contributed by atoms with E-state index in [-0.39, 0.29) is 0 Å². The molecule has 2 aromatic rings. The minimum Gasteiger partial charge on any atom is -0.256 e. The van der Waals surface area contributed by atoms with Gasteiger partial charge in [0.05, 0.1) is 5.69 Å². The number of aromatic nitrogens is 1. The van der Waals surface area contributed by atoms with Crippen molar-refractivity contribution in [3.05, 3.63) is 54.2 Å². The summed E-state index contributed by atoms with van der Waals surface area (Å²) in [5.74, 6) is 1.08. The standard InChI is InChI=1S/C12H11N.C4H8/c1-10-5-4-6-11(9-10)12-7-2-3-8-13-12;1-4-2-3-4/h2-9H,1H3;4H,2-3H2,1H3. The largest absolute Gasteiger partial charge is 0.256 e. The van der Waals surface area contributed by atoms with Gasteiger partial charge in [0, 0.05) is 11.8 Å². The fourth-order valence-corrected chi connectivity index (χ4v) is 1.50. The fraction of sp³-hybridized carbons (Fsp3) is 0.312. The molecule has 0 unspecified atom stereocenters. The average Bonchev–Trinajstić information content (AvgIpc) is 3.14. The van der Waals surface area contributed by atoms with Crippen molar-refractivity contribution in [2.75, 3.05) is 0 Å². The summed E-state index contributed by atoms with van der Waals surface area (Å²) in [6, 6.07) is 14.3. The summed E-state index contributed by atoms with van der Waals surface area (Å²) in [6.45, 7) is 4.37. The summed E-state index contributed by atoms with van der Waals surface area (Å²) in [5.41, 5.74) is 3.48. The average molecular weight is 225 g/mol. The van der Waals surface area contributed by atoms with Crippen molar-refractivity contribution in [1.82, 2.24) is 4.98 Å². The molecule has 0 amide bonds. The maximum absolute atomic E-state index is 4.29. The third kappa shape index (κ3) is 4.03. The minimum absolute atomic E-state index is 1.03. The van der Waals surface area contributed by atoms with Gasteiger partial charge in [0.2, 0.25) is 0 Å². The molecule has 0 bridgehead atoms. The van der Waals surface area contributed by atoms with Crippen LogP contribution in [-0.4, -0.2) is 4.98 Å². The van der Waals surface area contributed by atoms with Crippen LogP contribution in [0.15, 0.2) is 48.7 Å². The van der Waals surface area contributed by atoms with E-state index in [0.717, 1.165) is 11.6 Å².